The zero-order valence-corrected chi connectivity index (χ0v) is 11.0. The molecule has 2 nitrogen and oxygen atoms in total. The molecule has 0 atom stereocenters. The normalized spacial score (nSPS) is 10.7. The third-order valence-corrected chi connectivity index (χ3v) is 3.75. The second kappa shape index (κ2) is 6.34. The molecule has 20 heavy (non-hydrogen) atoms. The van der Waals surface area contributed by atoms with Gasteiger partial charge in [-0.1, -0.05) is 12.1 Å². The number of hydrogen-bond donors (Lipinski definition) is 2. The van der Waals surface area contributed by atoms with Gasteiger partial charge in [0.15, 0.2) is 0 Å². The third kappa shape index (κ3) is 3.56. The number of benzene rings is 2. The summed E-state index contributed by atoms with van der Waals surface area (Å²) in [7, 11) is -1.90. The van der Waals surface area contributed by atoms with E-state index in [1.165, 1.54) is 18.2 Å². The molecule has 104 valence electrons. The third-order valence-electron chi connectivity index (χ3n) is 2.63. The molecule has 2 aromatic carbocycles. The molecule has 2 N–H and O–H groups in total. The van der Waals surface area contributed by atoms with Gasteiger partial charge < -0.3 is 10.0 Å². The minimum absolute atomic E-state index is 0.234. The van der Waals surface area contributed by atoms with Gasteiger partial charge in [-0.25, -0.2) is 13.2 Å². The van der Waals surface area contributed by atoms with E-state index in [2.05, 4.69) is 0 Å². The maximum absolute atomic E-state index is 13.4. The Morgan fingerprint density at radius 1 is 0.950 bits per heavy atom. The van der Waals surface area contributed by atoms with Crippen molar-refractivity contribution < 1.29 is 23.2 Å². The first-order valence-electron chi connectivity index (χ1n) is 5.69. The Hall–Kier alpha value is -1.44. The number of halogens is 3. The van der Waals surface area contributed by atoms with Gasteiger partial charge in [0.1, 0.15) is 17.5 Å². The number of thioether (sulfide) groups is 1. The zero-order chi connectivity index (χ0) is 14.7. The van der Waals surface area contributed by atoms with Gasteiger partial charge in [-0.2, -0.15) is 0 Å². The Bertz CT molecular complexity index is 623. The molecule has 0 spiro atoms. The van der Waals surface area contributed by atoms with Gasteiger partial charge in [-0.05, 0) is 23.8 Å². The highest BCUT2D eigenvalue weighted by molar-refractivity contribution is 7.98. The first-order chi connectivity index (χ1) is 9.47. The molecule has 7 heteroatoms. The fourth-order valence-electron chi connectivity index (χ4n) is 1.63. The molecule has 0 aromatic heterocycles. The summed E-state index contributed by atoms with van der Waals surface area (Å²) in [5.74, 6) is -1.75. The molecule has 0 aliphatic heterocycles. The molecule has 0 radical (unpaired) electrons. The molecule has 0 unspecified atom stereocenters. The minimum Gasteiger partial charge on any atom is -0.423 e. The van der Waals surface area contributed by atoms with Crippen LogP contribution in [0.2, 0.25) is 0 Å². The molecule has 0 aliphatic carbocycles. The molecular formula is C13H10BF3O2S. The lowest BCUT2D eigenvalue weighted by atomic mass is 9.79. The van der Waals surface area contributed by atoms with Crippen LogP contribution in [0.25, 0.3) is 0 Å². The molecular weight excluding hydrogens is 288 g/mol. The predicted octanol–water partition coefficient (Wildman–Crippen LogP) is 2.08. The Morgan fingerprint density at radius 2 is 1.70 bits per heavy atom. The lowest BCUT2D eigenvalue weighted by Gasteiger charge is -2.07. The summed E-state index contributed by atoms with van der Waals surface area (Å²) >= 11 is 1.11. The zero-order valence-electron chi connectivity index (χ0n) is 10.2. The lowest BCUT2D eigenvalue weighted by molar-refractivity contribution is 0.423. The summed E-state index contributed by atoms with van der Waals surface area (Å²) in [6.07, 6.45) is 0. The van der Waals surface area contributed by atoms with Crippen molar-refractivity contribution in [1.82, 2.24) is 0 Å². The van der Waals surface area contributed by atoms with E-state index in [4.69, 9.17) is 10.0 Å². The number of rotatable bonds is 4. The van der Waals surface area contributed by atoms with Crippen molar-refractivity contribution in [3.05, 3.63) is 59.4 Å². The molecule has 0 fully saturated rings. The smallest absolute Gasteiger partial charge is 0.423 e. The van der Waals surface area contributed by atoms with E-state index in [1.54, 1.807) is 0 Å². The summed E-state index contributed by atoms with van der Waals surface area (Å²) in [4.78, 5) is 0.266. The molecule has 0 saturated heterocycles. The van der Waals surface area contributed by atoms with Crippen molar-refractivity contribution in [2.75, 3.05) is 0 Å². The summed E-state index contributed by atoms with van der Waals surface area (Å²) in [6, 6.07) is 7.14. The van der Waals surface area contributed by atoms with E-state index in [0.29, 0.717) is 11.3 Å². The average molecular weight is 298 g/mol. The van der Waals surface area contributed by atoms with Crippen LogP contribution in [-0.2, 0) is 5.75 Å². The van der Waals surface area contributed by atoms with Crippen LogP contribution in [0.3, 0.4) is 0 Å². The van der Waals surface area contributed by atoms with Gasteiger partial charge in [-0.15, -0.1) is 11.8 Å². The van der Waals surface area contributed by atoms with Gasteiger partial charge in [0.05, 0.1) is 0 Å². The molecule has 2 aromatic rings. The Balaban J connectivity index is 2.13. The van der Waals surface area contributed by atoms with Crippen molar-refractivity contribution >= 4 is 24.3 Å². The standard InChI is InChI=1S/C13H10BF3O2S/c15-9-2-4-13(12(17)6-9)20-7-8-1-3-11(16)10(5-8)14(18)19/h1-6,18-19H,7H2. The topological polar surface area (TPSA) is 40.5 Å². The SMILES string of the molecule is OB(O)c1cc(CSc2ccc(F)cc2F)ccc1F. The summed E-state index contributed by atoms with van der Waals surface area (Å²) in [5.41, 5.74) is 0.367. The van der Waals surface area contributed by atoms with Crippen LogP contribution < -0.4 is 5.46 Å². The van der Waals surface area contributed by atoms with E-state index in [9.17, 15) is 13.2 Å². The monoisotopic (exact) mass is 298 g/mol. The van der Waals surface area contributed by atoms with Gasteiger partial charge in [-0.3, -0.25) is 0 Å². The van der Waals surface area contributed by atoms with Crippen LogP contribution >= 0.6 is 11.8 Å². The van der Waals surface area contributed by atoms with Crippen molar-refractivity contribution in [1.29, 1.82) is 0 Å². The Labute approximate surface area is 118 Å². The highest BCUT2D eigenvalue weighted by atomic mass is 32.2. The van der Waals surface area contributed by atoms with Crippen molar-refractivity contribution in [3.63, 3.8) is 0 Å². The van der Waals surface area contributed by atoms with Crippen molar-refractivity contribution in [2.24, 2.45) is 0 Å². The van der Waals surface area contributed by atoms with E-state index in [-0.39, 0.29) is 10.4 Å². The van der Waals surface area contributed by atoms with E-state index >= 15 is 0 Å². The molecule has 0 aliphatic rings. The predicted molar refractivity (Wildman–Crippen MR) is 72.1 cm³/mol. The van der Waals surface area contributed by atoms with Crippen LogP contribution in [0.1, 0.15) is 5.56 Å². The second-order valence-corrected chi connectivity index (χ2v) is 5.11. The van der Waals surface area contributed by atoms with Crippen molar-refractivity contribution in [3.8, 4) is 0 Å². The van der Waals surface area contributed by atoms with Gasteiger partial charge >= 0.3 is 7.12 Å². The van der Waals surface area contributed by atoms with Gasteiger partial charge in [0, 0.05) is 22.2 Å². The van der Waals surface area contributed by atoms with Crippen LogP contribution in [0.5, 0.6) is 0 Å². The maximum Gasteiger partial charge on any atom is 0.491 e. The fraction of sp³-hybridized carbons (Fsp3) is 0.0769. The summed E-state index contributed by atoms with van der Waals surface area (Å²) in [6.45, 7) is 0. The van der Waals surface area contributed by atoms with Crippen LogP contribution in [0.15, 0.2) is 41.3 Å². The molecule has 2 rings (SSSR count). The molecule has 0 saturated carbocycles. The average Bonchev–Trinajstić information content (AvgIpc) is 2.39. The van der Waals surface area contributed by atoms with Crippen LogP contribution in [0.4, 0.5) is 13.2 Å². The van der Waals surface area contributed by atoms with E-state index in [0.717, 1.165) is 30.0 Å². The van der Waals surface area contributed by atoms with Crippen LogP contribution in [-0.4, -0.2) is 17.2 Å². The highest BCUT2D eigenvalue weighted by Gasteiger charge is 2.17. The minimum atomic E-state index is -1.90. The Morgan fingerprint density at radius 3 is 2.35 bits per heavy atom. The second-order valence-electron chi connectivity index (χ2n) is 4.09. The van der Waals surface area contributed by atoms with Gasteiger partial charge in [0.2, 0.25) is 0 Å². The molecule has 0 amide bonds. The van der Waals surface area contributed by atoms with Crippen LogP contribution in [0, 0.1) is 17.5 Å². The first-order valence-corrected chi connectivity index (χ1v) is 6.68. The Kier molecular flexibility index (Phi) is 4.75. The quantitative estimate of drug-likeness (QED) is 0.670. The molecule has 0 heterocycles. The van der Waals surface area contributed by atoms with Crippen molar-refractivity contribution in [2.45, 2.75) is 10.6 Å². The highest BCUT2D eigenvalue weighted by Crippen LogP contribution is 2.25. The van der Waals surface area contributed by atoms with E-state index in [1.807, 2.05) is 0 Å². The van der Waals surface area contributed by atoms with E-state index < -0.39 is 24.6 Å². The molecule has 0 bridgehead atoms. The van der Waals surface area contributed by atoms with Gasteiger partial charge in [0.25, 0.3) is 0 Å². The lowest BCUT2D eigenvalue weighted by Crippen LogP contribution is -2.33. The summed E-state index contributed by atoms with van der Waals surface area (Å²) < 4.78 is 39.4. The first kappa shape index (κ1) is 15.0. The largest absolute Gasteiger partial charge is 0.491 e. The summed E-state index contributed by atoms with van der Waals surface area (Å²) in [5, 5.41) is 18.0. The number of hydrogen-bond acceptors (Lipinski definition) is 3. The fourth-order valence-corrected chi connectivity index (χ4v) is 2.50. The maximum atomic E-state index is 13.4.